The highest BCUT2D eigenvalue weighted by Crippen LogP contribution is 2.14. The zero-order valence-corrected chi connectivity index (χ0v) is 12.4. The molecule has 1 unspecified atom stereocenters. The average molecular weight is 267 g/mol. The molecule has 2 rings (SSSR count). The largest absolute Gasteiger partial charge is 0.313 e. The number of aryl methyl sites for hydroxylation is 1. The summed E-state index contributed by atoms with van der Waals surface area (Å²) in [4.78, 5) is 7.14. The molecular formula is C14H25N3S. The van der Waals surface area contributed by atoms with Crippen molar-refractivity contribution in [1.29, 1.82) is 0 Å². The fourth-order valence-corrected chi connectivity index (χ4v) is 3.42. The zero-order valence-electron chi connectivity index (χ0n) is 11.6. The van der Waals surface area contributed by atoms with Gasteiger partial charge in [0.1, 0.15) is 5.01 Å². The van der Waals surface area contributed by atoms with Crippen molar-refractivity contribution < 1.29 is 0 Å². The summed E-state index contributed by atoms with van der Waals surface area (Å²) in [5, 5.41) is 7.05. The molecule has 0 spiro atoms. The molecule has 102 valence electrons. The van der Waals surface area contributed by atoms with Gasteiger partial charge in [-0.3, -0.25) is 4.90 Å². The summed E-state index contributed by atoms with van der Waals surface area (Å²) >= 11 is 1.79. The first-order chi connectivity index (χ1) is 8.78. The van der Waals surface area contributed by atoms with E-state index in [9.17, 15) is 0 Å². The van der Waals surface area contributed by atoms with E-state index in [2.05, 4.69) is 34.4 Å². The molecule has 1 fully saturated rings. The Labute approximate surface area is 115 Å². The standard InChI is InChI=1S/C14H25N3S/c1-3-8-17(9-13-6-4-5-7-15-13)10-14-16-12(2)11-18-14/h11,13,15H,3-10H2,1-2H3. The smallest absolute Gasteiger partial charge is 0.107 e. The molecule has 1 atom stereocenters. The Kier molecular flexibility index (Phi) is 5.60. The van der Waals surface area contributed by atoms with Crippen molar-refractivity contribution in [2.45, 2.75) is 52.1 Å². The molecule has 1 aliphatic heterocycles. The zero-order chi connectivity index (χ0) is 12.8. The van der Waals surface area contributed by atoms with Crippen molar-refractivity contribution in [3.05, 3.63) is 16.1 Å². The predicted molar refractivity (Wildman–Crippen MR) is 78.1 cm³/mol. The second-order valence-corrected chi connectivity index (χ2v) is 6.21. The fraction of sp³-hybridized carbons (Fsp3) is 0.786. The van der Waals surface area contributed by atoms with Gasteiger partial charge in [0.2, 0.25) is 0 Å². The van der Waals surface area contributed by atoms with Crippen LogP contribution in [0.1, 0.15) is 43.3 Å². The van der Waals surface area contributed by atoms with Crippen molar-refractivity contribution >= 4 is 11.3 Å². The predicted octanol–water partition coefficient (Wildman–Crippen LogP) is 2.81. The van der Waals surface area contributed by atoms with Gasteiger partial charge in [0.15, 0.2) is 0 Å². The maximum absolute atomic E-state index is 4.58. The molecule has 0 radical (unpaired) electrons. The lowest BCUT2D eigenvalue weighted by Crippen LogP contribution is -2.43. The van der Waals surface area contributed by atoms with E-state index in [0.717, 1.165) is 12.2 Å². The van der Waals surface area contributed by atoms with E-state index in [-0.39, 0.29) is 0 Å². The molecular weight excluding hydrogens is 242 g/mol. The first-order valence-electron chi connectivity index (χ1n) is 7.14. The first-order valence-corrected chi connectivity index (χ1v) is 8.02. The number of hydrogen-bond acceptors (Lipinski definition) is 4. The summed E-state index contributed by atoms with van der Waals surface area (Å²) in [7, 11) is 0. The first kappa shape index (κ1) is 14.0. The molecule has 18 heavy (non-hydrogen) atoms. The Hall–Kier alpha value is -0.450. The number of nitrogens with zero attached hydrogens (tertiary/aromatic N) is 2. The van der Waals surface area contributed by atoms with Crippen molar-refractivity contribution in [1.82, 2.24) is 15.2 Å². The SMILES string of the molecule is CCCN(Cc1nc(C)cs1)CC1CCCCN1. The highest BCUT2D eigenvalue weighted by molar-refractivity contribution is 7.09. The minimum Gasteiger partial charge on any atom is -0.313 e. The molecule has 1 aromatic rings. The molecule has 0 aromatic carbocycles. The monoisotopic (exact) mass is 267 g/mol. The van der Waals surface area contributed by atoms with E-state index < -0.39 is 0 Å². The van der Waals surface area contributed by atoms with Crippen LogP contribution in [0.2, 0.25) is 0 Å². The third kappa shape index (κ3) is 4.34. The van der Waals surface area contributed by atoms with Crippen LogP contribution in [0, 0.1) is 6.92 Å². The lowest BCUT2D eigenvalue weighted by molar-refractivity contribution is 0.217. The highest BCUT2D eigenvalue weighted by Gasteiger charge is 2.17. The van der Waals surface area contributed by atoms with Gasteiger partial charge in [-0.1, -0.05) is 13.3 Å². The van der Waals surface area contributed by atoms with Crippen LogP contribution < -0.4 is 5.32 Å². The van der Waals surface area contributed by atoms with Gasteiger partial charge in [-0.05, 0) is 39.3 Å². The lowest BCUT2D eigenvalue weighted by atomic mass is 10.0. The topological polar surface area (TPSA) is 28.2 Å². The van der Waals surface area contributed by atoms with Crippen molar-refractivity contribution in [3.8, 4) is 0 Å². The molecule has 0 saturated carbocycles. The quantitative estimate of drug-likeness (QED) is 0.859. The van der Waals surface area contributed by atoms with Gasteiger partial charge < -0.3 is 5.32 Å². The summed E-state index contributed by atoms with van der Waals surface area (Å²) in [6.07, 6.45) is 5.28. The summed E-state index contributed by atoms with van der Waals surface area (Å²) < 4.78 is 0. The minimum atomic E-state index is 0.686. The van der Waals surface area contributed by atoms with Crippen LogP contribution in [-0.2, 0) is 6.54 Å². The summed E-state index contributed by atoms with van der Waals surface area (Å²) in [5.41, 5.74) is 1.15. The normalized spacial score (nSPS) is 20.5. The second-order valence-electron chi connectivity index (χ2n) is 5.26. The number of piperidine rings is 1. The lowest BCUT2D eigenvalue weighted by Gasteiger charge is -2.29. The minimum absolute atomic E-state index is 0.686. The van der Waals surface area contributed by atoms with Crippen LogP contribution in [0.15, 0.2) is 5.38 Å². The third-order valence-corrected chi connectivity index (χ3v) is 4.41. The molecule has 1 N–H and O–H groups in total. The van der Waals surface area contributed by atoms with Crippen LogP contribution >= 0.6 is 11.3 Å². The number of thiazole rings is 1. The van der Waals surface area contributed by atoms with Gasteiger partial charge in [0.05, 0.1) is 6.54 Å². The van der Waals surface area contributed by atoms with Gasteiger partial charge >= 0.3 is 0 Å². The van der Waals surface area contributed by atoms with Crippen molar-refractivity contribution in [2.75, 3.05) is 19.6 Å². The fourth-order valence-electron chi connectivity index (χ4n) is 2.61. The maximum Gasteiger partial charge on any atom is 0.107 e. The van der Waals surface area contributed by atoms with E-state index >= 15 is 0 Å². The van der Waals surface area contributed by atoms with Gasteiger partial charge in [0, 0.05) is 23.7 Å². The highest BCUT2D eigenvalue weighted by atomic mass is 32.1. The van der Waals surface area contributed by atoms with Crippen LogP contribution in [0.4, 0.5) is 0 Å². The van der Waals surface area contributed by atoms with Crippen LogP contribution in [-0.4, -0.2) is 35.6 Å². The van der Waals surface area contributed by atoms with Crippen molar-refractivity contribution in [2.24, 2.45) is 0 Å². The summed E-state index contributed by atoms with van der Waals surface area (Å²) in [6, 6.07) is 0.686. The van der Waals surface area contributed by atoms with Crippen molar-refractivity contribution in [3.63, 3.8) is 0 Å². The van der Waals surface area contributed by atoms with Gasteiger partial charge in [0.25, 0.3) is 0 Å². The molecule has 0 bridgehead atoms. The Morgan fingerprint density at radius 2 is 2.39 bits per heavy atom. The Bertz CT molecular complexity index is 345. The van der Waals surface area contributed by atoms with E-state index in [0.29, 0.717) is 6.04 Å². The third-order valence-electron chi connectivity index (χ3n) is 3.46. The maximum atomic E-state index is 4.58. The second kappa shape index (κ2) is 7.22. The molecule has 1 aliphatic rings. The van der Waals surface area contributed by atoms with Crippen LogP contribution in [0.5, 0.6) is 0 Å². The molecule has 0 aliphatic carbocycles. The molecule has 1 aromatic heterocycles. The Morgan fingerprint density at radius 3 is 3.00 bits per heavy atom. The number of hydrogen-bond donors (Lipinski definition) is 1. The molecule has 1 saturated heterocycles. The number of rotatable bonds is 6. The van der Waals surface area contributed by atoms with E-state index in [1.165, 1.54) is 50.3 Å². The molecule has 2 heterocycles. The van der Waals surface area contributed by atoms with Crippen LogP contribution in [0.25, 0.3) is 0 Å². The molecule has 3 nitrogen and oxygen atoms in total. The van der Waals surface area contributed by atoms with E-state index in [1.807, 2.05) is 0 Å². The molecule has 0 amide bonds. The van der Waals surface area contributed by atoms with Gasteiger partial charge in [-0.15, -0.1) is 11.3 Å². The van der Waals surface area contributed by atoms with E-state index in [4.69, 9.17) is 0 Å². The van der Waals surface area contributed by atoms with Gasteiger partial charge in [-0.25, -0.2) is 4.98 Å². The number of nitrogens with one attached hydrogen (secondary N) is 1. The molecule has 4 heteroatoms. The summed E-state index contributed by atoms with van der Waals surface area (Å²) in [6.45, 7) is 8.90. The van der Waals surface area contributed by atoms with E-state index in [1.54, 1.807) is 11.3 Å². The summed E-state index contributed by atoms with van der Waals surface area (Å²) in [5.74, 6) is 0. The Balaban J connectivity index is 1.86. The number of aromatic nitrogens is 1. The Morgan fingerprint density at radius 1 is 1.50 bits per heavy atom. The average Bonchev–Trinajstić information content (AvgIpc) is 2.76. The van der Waals surface area contributed by atoms with Crippen LogP contribution in [0.3, 0.4) is 0 Å². The van der Waals surface area contributed by atoms with Gasteiger partial charge in [-0.2, -0.15) is 0 Å².